The van der Waals surface area contributed by atoms with Crippen molar-refractivity contribution < 1.29 is 14.3 Å². The molecule has 1 heterocycles. The molecule has 2 amide bonds. The number of hydrogen-bond donors (Lipinski definition) is 2. The maximum absolute atomic E-state index is 12.9. The fraction of sp³-hybridized carbons (Fsp3) is 0.391. The number of rotatable bonds is 7. The number of carbonyl (C=O) groups excluding carboxylic acids is 2. The van der Waals surface area contributed by atoms with Gasteiger partial charge in [-0.25, -0.2) is 0 Å². The number of hydrogen-bond acceptors (Lipinski definition) is 4. The Hall–Kier alpha value is -2.13. The quantitative estimate of drug-likeness (QED) is 0.549. The minimum atomic E-state index is -0.142. The third-order valence-electron chi connectivity index (χ3n) is 5.60. The molecule has 6 nitrogen and oxygen atoms in total. The van der Waals surface area contributed by atoms with Crippen LogP contribution in [0, 0.1) is 9.49 Å². The molecule has 2 aliphatic rings. The van der Waals surface area contributed by atoms with Gasteiger partial charge in [0.15, 0.2) is 0 Å². The molecule has 2 aromatic carbocycles. The molecule has 1 saturated heterocycles. The summed E-state index contributed by atoms with van der Waals surface area (Å²) < 4.78 is 6.28. The van der Waals surface area contributed by atoms with Gasteiger partial charge in [-0.05, 0) is 53.5 Å². The Morgan fingerprint density at radius 3 is 2.63 bits per heavy atom. The second kappa shape index (κ2) is 9.34. The fourth-order valence-corrected chi connectivity index (χ4v) is 4.38. The highest BCUT2D eigenvalue weighted by Crippen LogP contribution is 2.33. The molecule has 1 unspecified atom stereocenters. The van der Waals surface area contributed by atoms with E-state index in [4.69, 9.17) is 4.74 Å². The van der Waals surface area contributed by atoms with Crippen LogP contribution in [0.2, 0.25) is 0 Å². The highest BCUT2D eigenvalue weighted by Gasteiger charge is 2.30. The lowest BCUT2D eigenvalue weighted by molar-refractivity contribution is -0.117. The average molecular weight is 519 g/mol. The number of methoxy groups -OCH3 is 1. The minimum Gasteiger partial charge on any atom is -0.496 e. The number of amides is 2. The summed E-state index contributed by atoms with van der Waals surface area (Å²) in [6, 6.07) is 14.0. The summed E-state index contributed by atoms with van der Waals surface area (Å²) in [7, 11) is 1.54. The van der Waals surface area contributed by atoms with Crippen molar-refractivity contribution in [3.63, 3.8) is 0 Å². The molecule has 7 heteroatoms. The first-order valence-corrected chi connectivity index (χ1v) is 11.4. The van der Waals surface area contributed by atoms with Crippen LogP contribution in [0.3, 0.4) is 0 Å². The maximum Gasteiger partial charge on any atom is 0.255 e. The van der Waals surface area contributed by atoms with Crippen LogP contribution in [0.15, 0.2) is 42.5 Å². The first kappa shape index (κ1) is 21.1. The molecular weight excluding hydrogens is 493 g/mol. The van der Waals surface area contributed by atoms with Gasteiger partial charge in [-0.1, -0.05) is 30.3 Å². The molecule has 0 spiro atoms. The van der Waals surface area contributed by atoms with E-state index in [0.29, 0.717) is 17.0 Å². The van der Waals surface area contributed by atoms with E-state index >= 15 is 0 Å². The van der Waals surface area contributed by atoms with Gasteiger partial charge < -0.3 is 15.4 Å². The molecule has 4 rings (SSSR count). The fourth-order valence-electron chi connectivity index (χ4n) is 3.77. The Kier molecular flexibility index (Phi) is 6.58. The van der Waals surface area contributed by atoms with E-state index in [0.717, 1.165) is 42.5 Å². The molecule has 1 atom stereocenters. The van der Waals surface area contributed by atoms with Crippen molar-refractivity contribution in [3.05, 3.63) is 57.2 Å². The van der Waals surface area contributed by atoms with Crippen molar-refractivity contribution in [1.82, 2.24) is 10.2 Å². The van der Waals surface area contributed by atoms with Gasteiger partial charge >= 0.3 is 0 Å². The lowest BCUT2D eigenvalue weighted by atomic mass is 10.1. The van der Waals surface area contributed by atoms with E-state index in [1.165, 1.54) is 5.56 Å². The summed E-state index contributed by atoms with van der Waals surface area (Å²) in [4.78, 5) is 27.4. The van der Waals surface area contributed by atoms with Crippen molar-refractivity contribution in [2.45, 2.75) is 31.8 Å². The first-order chi connectivity index (χ1) is 14.5. The van der Waals surface area contributed by atoms with Gasteiger partial charge in [0.1, 0.15) is 5.75 Å². The summed E-state index contributed by atoms with van der Waals surface area (Å²) in [6.45, 7) is 2.68. The Morgan fingerprint density at radius 1 is 1.17 bits per heavy atom. The van der Waals surface area contributed by atoms with Crippen molar-refractivity contribution in [3.8, 4) is 5.75 Å². The Morgan fingerprint density at radius 2 is 1.93 bits per heavy atom. The zero-order valence-corrected chi connectivity index (χ0v) is 19.1. The van der Waals surface area contributed by atoms with Crippen LogP contribution < -0.4 is 15.4 Å². The smallest absolute Gasteiger partial charge is 0.255 e. The maximum atomic E-state index is 12.9. The number of anilines is 1. The Bertz CT molecular complexity index is 931. The second-order valence-electron chi connectivity index (χ2n) is 7.98. The molecule has 30 heavy (non-hydrogen) atoms. The molecular formula is C23H26IN3O3. The standard InChI is InChI=1S/C23H26IN3O3/c1-30-21-12-20(26-22(28)16-7-8-16)19(24)11-18(21)23(29)25-17-9-10-27(14-17)13-15-5-3-2-4-6-15/h2-6,11-12,16-17H,7-10,13-14H2,1H3,(H,25,29)(H,26,28). The largest absolute Gasteiger partial charge is 0.496 e. The summed E-state index contributed by atoms with van der Waals surface area (Å²) in [5.74, 6) is 0.488. The van der Waals surface area contributed by atoms with Crippen molar-refractivity contribution in [2.75, 3.05) is 25.5 Å². The number of ether oxygens (including phenoxy) is 1. The summed E-state index contributed by atoms with van der Waals surface area (Å²) in [5.41, 5.74) is 2.47. The highest BCUT2D eigenvalue weighted by atomic mass is 127. The third-order valence-corrected chi connectivity index (χ3v) is 6.49. The van der Waals surface area contributed by atoms with Crippen LogP contribution in [0.1, 0.15) is 35.2 Å². The van der Waals surface area contributed by atoms with Gasteiger partial charge in [-0.2, -0.15) is 0 Å². The number of halogens is 1. The van der Waals surface area contributed by atoms with Crippen molar-refractivity contribution in [1.29, 1.82) is 0 Å². The second-order valence-corrected chi connectivity index (χ2v) is 9.14. The van der Waals surface area contributed by atoms with E-state index in [1.54, 1.807) is 19.2 Å². The molecule has 1 saturated carbocycles. The molecule has 1 aliphatic carbocycles. The predicted molar refractivity (Wildman–Crippen MR) is 125 cm³/mol. The monoisotopic (exact) mass is 519 g/mol. The van der Waals surface area contributed by atoms with Crippen LogP contribution >= 0.6 is 22.6 Å². The van der Waals surface area contributed by atoms with Gasteiger partial charge in [-0.15, -0.1) is 0 Å². The number of likely N-dealkylation sites (tertiary alicyclic amines) is 1. The normalized spacial score (nSPS) is 18.8. The summed E-state index contributed by atoms with van der Waals surface area (Å²) in [5, 5.41) is 6.10. The average Bonchev–Trinajstić information content (AvgIpc) is 3.51. The molecule has 2 fully saturated rings. The first-order valence-electron chi connectivity index (χ1n) is 10.3. The molecule has 2 N–H and O–H groups in total. The predicted octanol–water partition coefficient (Wildman–Crippen LogP) is 3.65. The molecule has 1 aliphatic heterocycles. The van der Waals surface area contributed by atoms with Gasteiger partial charge in [-0.3, -0.25) is 14.5 Å². The van der Waals surface area contributed by atoms with Crippen LogP contribution in [-0.4, -0.2) is 43.0 Å². The molecule has 2 aromatic rings. The van der Waals surface area contributed by atoms with Gasteiger partial charge in [0, 0.05) is 41.2 Å². The van der Waals surface area contributed by atoms with Crippen molar-refractivity contribution in [2.24, 2.45) is 5.92 Å². The molecule has 0 aromatic heterocycles. The summed E-state index contributed by atoms with van der Waals surface area (Å²) in [6.07, 6.45) is 2.82. The minimum absolute atomic E-state index is 0.0385. The zero-order chi connectivity index (χ0) is 21.1. The number of carbonyl (C=O) groups is 2. The number of benzene rings is 2. The highest BCUT2D eigenvalue weighted by molar-refractivity contribution is 14.1. The lowest BCUT2D eigenvalue weighted by Crippen LogP contribution is -2.37. The van der Waals surface area contributed by atoms with Crippen molar-refractivity contribution >= 4 is 40.1 Å². The topological polar surface area (TPSA) is 70.7 Å². The Balaban J connectivity index is 1.39. The number of nitrogens with one attached hydrogen (secondary N) is 2. The van der Waals surface area contributed by atoms with E-state index in [9.17, 15) is 9.59 Å². The van der Waals surface area contributed by atoms with Crippen LogP contribution in [0.25, 0.3) is 0 Å². The van der Waals surface area contributed by atoms with Crippen LogP contribution in [0.5, 0.6) is 5.75 Å². The van der Waals surface area contributed by atoms with Gasteiger partial charge in [0.25, 0.3) is 5.91 Å². The Labute approximate surface area is 190 Å². The molecule has 0 radical (unpaired) electrons. The number of nitrogens with zero attached hydrogens (tertiary/aromatic N) is 1. The van der Waals surface area contributed by atoms with E-state index in [2.05, 4.69) is 62.4 Å². The zero-order valence-electron chi connectivity index (χ0n) is 17.0. The van der Waals surface area contributed by atoms with Crippen LogP contribution in [0.4, 0.5) is 5.69 Å². The molecule has 0 bridgehead atoms. The van der Waals surface area contributed by atoms with Gasteiger partial charge in [0.05, 0.1) is 18.4 Å². The van der Waals surface area contributed by atoms with Crippen LogP contribution in [-0.2, 0) is 11.3 Å². The van der Waals surface area contributed by atoms with E-state index in [-0.39, 0.29) is 23.8 Å². The molecule has 158 valence electrons. The van der Waals surface area contributed by atoms with Gasteiger partial charge in [0.2, 0.25) is 5.91 Å². The third kappa shape index (κ3) is 5.13. The SMILES string of the molecule is COc1cc(NC(=O)C2CC2)c(I)cc1C(=O)NC1CCN(Cc2ccccc2)C1. The van der Waals surface area contributed by atoms with E-state index < -0.39 is 0 Å². The summed E-state index contributed by atoms with van der Waals surface area (Å²) >= 11 is 2.15. The lowest BCUT2D eigenvalue weighted by Gasteiger charge is -2.18. The van der Waals surface area contributed by atoms with E-state index in [1.807, 2.05) is 6.07 Å².